The largest absolute Gasteiger partial charge is 0.345 e. The van der Waals surface area contributed by atoms with Gasteiger partial charge in [0, 0.05) is 49.8 Å². The van der Waals surface area contributed by atoms with Gasteiger partial charge in [-0.1, -0.05) is 18.2 Å². The van der Waals surface area contributed by atoms with Crippen LogP contribution in [0.25, 0.3) is 0 Å². The molecule has 1 saturated heterocycles. The number of nitrogens with zero attached hydrogens (tertiary/aromatic N) is 4. The molecule has 8 heteroatoms. The molecule has 0 radical (unpaired) electrons. The number of carbonyl (C=O) groups excluding carboxylic acids is 1. The number of halogens is 1. The van der Waals surface area contributed by atoms with E-state index in [0.717, 1.165) is 40.7 Å². The summed E-state index contributed by atoms with van der Waals surface area (Å²) >= 11 is 1.37. The number of urea groups is 1. The standard InChI is InChI=1S/C23H26FN5OS/c1-16-4-9-20(14-17(16)2)25-22(30)28-10-3-11-29(13-12-28)23-26-21(27-31-23)15-18-5-7-19(24)8-6-18/h4-9,14H,3,10-13,15H2,1-2H3,(H,25,30). The second kappa shape index (κ2) is 9.43. The molecule has 6 nitrogen and oxygen atoms in total. The molecule has 1 aliphatic rings. The Kier molecular flexibility index (Phi) is 6.46. The normalized spacial score (nSPS) is 14.4. The van der Waals surface area contributed by atoms with Gasteiger partial charge < -0.3 is 15.1 Å². The van der Waals surface area contributed by atoms with Crippen molar-refractivity contribution in [3.8, 4) is 0 Å². The molecule has 1 fully saturated rings. The minimum Gasteiger partial charge on any atom is -0.345 e. The number of nitrogens with one attached hydrogen (secondary N) is 1. The van der Waals surface area contributed by atoms with Gasteiger partial charge in [0.25, 0.3) is 0 Å². The summed E-state index contributed by atoms with van der Waals surface area (Å²) in [5.74, 6) is 0.492. The molecule has 1 aliphatic heterocycles. The van der Waals surface area contributed by atoms with Gasteiger partial charge in [0.05, 0.1) is 0 Å². The van der Waals surface area contributed by atoms with E-state index in [1.807, 2.05) is 30.0 Å². The summed E-state index contributed by atoms with van der Waals surface area (Å²) in [5, 5.41) is 3.88. The summed E-state index contributed by atoms with van der Waals surface area (Å²) in [6, 6.07) is 12.3. The molecule has 3 aromatic rings. The van der Waals surface area contributed by atoms with Crippen LogP contribution in [0.5, 0.6) is 0 Å². The lowest BCUT2D eigenvalue weighted by molar-refractivity contribution is 0.215. The van der Waals surface area contributed by atoms with Gasteiger partial charge in [-0.15, -0.1) is 0 Å². The van der Waals surface area contributed by atoms with Crippen LogP contribution < -0.4 is 10.2 Å². The van der Waals surface area contributed by atoms with Crippen molar-refractivity contribution in [1.82, 2.24) is 14.3 Å². The maximum Gasteiger partial charge on any atom is 0.321 e. The summed E-state index contributed by atoms with van der Waals surface area (Å²) in [5.41, 5.74) is 4.17. The third-order valence-electron chi connectivity index (χ3n) is 5.54. The molecule has 2 amide bonds. The SMILES string of the molecule is Cc1ccc(NC(=O)N2CCCN(c3nc(Cc4ccc(F)cc4)ns3)CC2)cc1C. The molecule has 2 heterocycles. The summed E-state index contributed by atoms with van der Waals surface area (Å²) in [4.78, 5) is 21.5. The van der Waals surface area contributed by atoms with E-state index >= 15 is 0 Å². The molecule has 162 valence electrons. The average Bonchev–Trinajstić information content (AvgIpc) is 3.07. The first kappa shape index (κ1) is 21.2. The van der Waals surface area contributed by atoms with Crippen LogP contribution in [-0.2, 0) is 6.42 Å². The molecule has 0 saturated carbocycles. The van der Waals surface area contributed by atoms with E-state index in [1.165, 1.54) is 29.2 Å². The van der Waals surface area contributed by atoms with Crippen LogP contribution in [0.1, 0.15) is 28.9 Å². The van der Waals surface area contributed by atoms with E-state index in [1.54, 1.807) is 12.1 Å². The highest BCUT2D eigenvalue weighted by atomic mass is 32.1. The van der Waals surface area contributed by atoms with Gasteiger partial charge in [-0.3, -0.25) is 0 Å². The first-order chi connectivity index (χ1) is 15.0. The van der Waals surface area contributed by atoms with Crippen LogP contribution in [0.3, 0.4) is 0 Å². The lowest BCUT2D eigenvalue weighted by atomic mass is 10.1. The summed E-state index contributed by atoms with van der Waals surface area (Å²) in [7, 11) is 0. The average molecular weight is 440 g/mol. The zero-order chi connectivity index (χ0) is 21.8. The molecule has 0 atom stereocenters. The number of hydrogen-bond donors (Lipinski definition) is 1. The lowest BCUT2D eigenvalue weighted by Crippen LogP contribution is -2.38. The van der Waals surface area contributed by atoms with E-state index in [2.05, 4.69) is 26.5 Å². The van der Waals surface area contributed by atoms with Gasteiger partial charge in [-0.05, 0) is 61.2 Å². The topological polar surface area (TPSA) is 61.4 Å². The minimum absolute atomic E-state index is 0.0700. The van der Waals surface area contributed by atoms with Gasteiger partial charge in [0.2, 0.25) is 5.13 Å². The van der Waals surface area contributed by atoms with Crippen molar-refractivity contribution in [2.75, 3.05) is 36.4 Å². The number of aromatic nitrogens is 2. The Morgan fingerprint density at radius 3 is 2.65 bits per heavy atom. The van der Waals surface area contributed by atoms with Gasteiger partial charge in [-0.25, -0.2) is 14.2 Å². The molecule has 0 bridgehead atoms. The number of benzene rings is 2. The monoisotopic (exact) mass is 439 g/mol. The fraction of sp³-hybridized carbons (Fsp3) is 0.348. The van der Waals surface area contributed by atoms with Crippen molar-refractivity contribution in [3.05, 3.63) is 70.8 Å². The molecular formula is C23H26FN5OS. The number of carbonyl (C=O) groups is 1. The zero-order valence-electron chi connectivity index (χ0n) is 17.8. The number of rotatable bonds is 4. The molecule has 1 aromatic heterocycles. The van der Waals surface area contributed by atoms with Crippen molar-refractivity contribution in [2.24, 2.45) is 0 Å². The highest BCUT2D eigenvalue weighted by Crippen LogP contribution is 2.21. The first-order valence-corrected chi connectivity index (χ1v) is 11.2. The molecule has 1 N–H and O–H groups in total. The van der Waals surface area contributed by atoms with Crippen LogP contribution >= 0.6 is 11.5 Å². The van der Waals surface area contributed by atoms with Crippen LogP contribution in [0, 0.1) is 19.7 Å². The zero-order valence-corrected chi connectivity index (χ0v) is 18.6. The number of anilines is 2. The molecule has 2 aromatic carbocycles. The van der Waals surface area contributed by atoms with E-state index < -0.39 is 0 Å². The maximum atomic E-state index is 13.1. The molecule has 4 rings (SSSR count). The molecule has 0 spiro atoms. The predicted octanol–water partition coefficient (Wildman–Crippen LogP) is 4.63. The third kappa shape index (κ3) is 5.38. The number of aryl methyl sites for hydroxylation is 2. The van der Waals surface area contributed by atoms with E-state index in [-0.39, 0.29) is 11.8 Å². The third-order valence-corrected chi connectivity index (χ3v) is 6.36. The Hall–Kier alpha value is -3.00. The van der Waals surface area contributed by atoms with Crippen LogP contribution in [0.15, 0.2) is 42.5 Å². The van der Waals surface area contributed by atoms with Gasteiger partial charge >= 0.3 is 6.03 Å². The second-order valence-corrected chi connectivity index (χ2v) is 8.58. The second-order valence-electron chi connectivity index (χ2n) is 7.85. The van der Waals surface area contributed by atoms with Gasteiger partial charge in [0.1, 0.15) is 11.6 Å². The Labute approximate surface area is 185 Å². The Morgan fingerprint density at radius 1 is 1.06 bits per heavy atom. The smallest absolute Gasteiger partial charge is 0.321 e. The molecule has 31 heavy (non-hydrogen) atoms. The van der Waals surface area contributed by atoms with Crippen molar-refractivity contribution in [3.63, 3.8) is 0 Å². The fourth-order valence-electron chi connectivity index (χ4n) is 3.56. The summed E-state index contributed by atoms with van der Waals surface area (Å²) in [6.45, 7) is 6.98. The summed E-state index contributed by atoms with van der Waals surface area (Å²) in [6.07, 6.45) is 1.45. The molecular weight excluding hydrogens is 413 g/mol. The quantitative estimate of drug-likeness (QED) is 0.644. The Bertz CT molecular complexity index is 1050. The minimum atomic E-state index is -0.244. The molecule has 0 unspecified atom stereocenters. The van der Waals surface area contributed by atoms with Crippen molar-refractivity contribution in [1.29, 1.82) is 0 Å². The van der Waals surface area contributed by atoms with Crippen LogP contribution in [0.2, 0.25) is 0 Å². The number of amides is 2. The van der Waals surface area contributed by atoms with Crippen molar-refractivity contribution >= 4 is 28.4 Å². The lowest BCUT2D eigenvalue weighted by Gasteiger charge is -2.22. The fourth-order valence-corrected chi connectivity index (χ4v) is 4.30. The van der Waals surface area contributed by atoms with Crippen molar-refractivity contribution < 1.29 is 9.18 Å². The highest BCUT2D eigenvalue weighted by molar-refractivity contribution is 7.09. The maximum absolute atomic E-state index is 13.1. The van der Waals surface area contributed by atoms with Crippen molar-refractivity contribution in [2.45, 2.75) is 26.7 Å². The van der Waals surface area contributed by atoms with Crippen LogP contribution in [-0.4, -0.2) is 46.5 Å². The first-order valence-electron chi connectivity index (χ1n) is 10.4. The van der Waals surface area contributed by atoms with E-state index in [9.17, 15) is 9.18 Å². The van der Waals surface area contributed by atoms with Gasteiger partial charge in [-0.2, -0.15) is 4.37 Å². The molecule has 0 aliphatic carbocycles. The highest BCUT2D eigenvalue weighted by Gasteiger charge is 2.21. The number of hydrogen-bond acceptors (Lipinski definition) is 5. The van der Waals surface area contributed by atoms with E-state index in [4.69, 9.17) is 0 Å². The van der Waals surface area contributed by atoms with E-state index in [0.29, 0.717) is 26.1 Å². The Balaban J connectivity index is 1.34. The van der Waals surface area contributed by atoms with Gasteiger partial charge in [0.15, 0.2) is 0 Å². The Morgan fingerprint density at radius 2 is 1.87 bits per heavy atom. The van der Waals surface area contributed by atoms with Crippen LogP contribution in [0.4, 0.5) is 20.0 Å². The summed E-state index contributed by atoms with van der Waals surface area (Å²) < 4.78 is 17.6. The predicted molar refractivity (Wildman–Crippen MR) is 122 cm³/mol.